The summed E-state index contributed by atoms with van der Waals surface area (Å²) in [6, 6.07) is 6.12. The van der Waals surface area contributed by atoms with Gasteiger partial charge in [0.05, 0.1) is 5.69 Å². The fraction of sp³-hybridized carbons (Fsp3) is 0.389. The number of benzene rings is 1. The van der Waals surface area contributed by atoms with Crippen molar-refractivity contribution in [3.05, 3.63) is 36.4 Å². The van der Waals surface area contributed by atoms with Gasteiger partial charge >= 0.3 is 0 Å². The van der Waals surface area contributed by atoms with E-state index in [1.807, 2.05) is 18.7 Å². The van der Waals surface area contributed by atoms with Crippen molar-refractivity contribution in [2.45, 2.75) is 13.8 Å². The van der Waals surface area contributed by atoms with Crippen molar-refractivity contribution < 1.29 is 9.18 Å². The maximum absolute atomic E-state index is 13.6. The van der Waals surface area contributed by atoms with E-state index in [4.69, 9.17) is 0 Å². The molecule has 140 valence electrons. The monoisotopic (exact) mass is 369 g/mol. The van der Waals surface area contributed by atoms with Crippen LogP contribution in [0.25, 0.3) is 16.9 Å². The number of hydrogen-bond acceptors (Lipinski definition) is 6. The van der Waals surface area contributed by atoms with Crippen molar-refractivity contribution in [3.8, 4) is 5.69 Å². The molecule has 1 fully saturated rings. The first kappa shape index (κ1) is 17.3. The highest BCUT2D eigenvalue weighted by atomic mass is 19.1. The molecule has 9 heteroatoms. The number of anilines is 1. The van der Waals surface area contributed by atoms with Crippen LogP contribution in [-0.2, 0) is 4.79 Å². The number of piperazine rings is 1. The summed E-state index contributed by atoms with van der Waals surface area (Å²) in [5, 5.41) is 8.36. The van der Waals surface area contributed by atoms with Crippen LogP contribution in [0.4, 0.5) is 10.2 Å². The van der Waals surface area contributed by atoms with Gasteiger partial charge in [0.15, 0.2) is 17.0 Å². The van der Waals surface area contributed by atoms with Gasteiger partial charge in [-0.25, -0.2) is 14.4 Å². The minimum atomic E-state index is -0.351. The zero-order valence-electron chi connectivity index (χ0n) is 15.2. The number of carbonyl (C=O) groups excluding carboxylic acids is 1. The van der Waals surface area contributed by atoms with Crippen LogP contribution in [0, 0.1) is 11.7 Å². The van der Waals surface area contributed by atoms with E-state index in [9.17, 15) is 9.18 Å². The largest absolute Gasteiger partial charge is 0.351 e. The van der Waals surface area contributed by atoms with Crippen molar-refractivity contribution >= 4 is 22.9 Å². The van der Waals surface area contributed by atoms with Crippen LogP contribution in [0.3, 0.4) is 0 Å². The first-order valence-electron chi connectivity index (χ1n) is 8.90. The summed E-state index contributed by atoms with van der Waals surface area (Å²) in [6.07, 6.45) is 1.46. The van der Waals surface area contributed by atoms with E-state index in [0.29, 0.717) is 48.8 Å². The van der Waals surface area contributed by atoms with Crippen molar-refractivity contribution in [1.29, 1.82) is 0 Å². The van der Waals surface area contributed by atoms with Gasteiger partial charge in [0.25, 0.3) is 0 Å². The fourth-order valence-electron chi connectivity index (χ4n) is 3.25. The average molecular weight is 369 g/mol. The molecule has 0 spiro atoms. The van der Waals surface area contributed by atoms with Gasteiger partial charge in [0.1, 0.15) is 12.1 Å². The number of rotatable bonds is 3. The van der Waals surface area contributed by atoms with Crippen LogP contribution >= 0.6 is 0 Å². The Bertz CT molecular complexity index is 979. The lowest BCUT2D eigenvalue weighted by molar-refractivity contribution is -0.134. The molecule has 0 atom stereocenters. The Hall–Kier alpha value is -3.10. The third kappa shape index (κ3) is 3.20. The topological polar surface area (TPSA) is 80.0 Å². The molecule has 1 amide bonds. The summed E-state index contributed by atoms with van der Waals surface area (Å²) in [4.78, 5) is 24.8. The van der Waals surface area contributed by atoms with Gasteiger partial charge in [-0.2, -0.15) is 4.68 Å². The highest BCUT2D eigenvalue weighted by Crippen LogP contribution is 2.24. The lowest BCUT2D eigenvalue weighted by Gasteiger charge is -2.36. The molecule has 1 aromatic carbocycles. The van der Waals surface area contributed by atoms with Crippen molar-refractivity contribution in [1.82, 2.24) is 29.9 Å². The predicted octanol–water partition coefficient (Wildman–Crippen LogP) is 1.65. The van der Waals surface area contributed by atoms with Gasteiger partial charge in [-0.15, -0.1) is 5.10 Å². The van der Waals surface area contributed by atoms with Gasteiger partial charge in [-0.1, -0.05) is 25.1 Å². The van der Waals surface area contributed by atoms with Crippen molar-refractivity contribution in [2.75, 3.05) is 31.1 Å². The SMILES string of the molecule is CC(C)C(=O)N1CCN(c2ncnc3c2nnn3-c2cccc(F)c2)CC1. The van der Waals surface area contributed by atoms with E-state index >= 15 is 0 Å². The highest BCUT2D eigenvalue weighted by Gasteiger charge is 2.25. The fourth-order valence-corrected chi connectivity index (χ4v) is 3.25. The second kappa shape index (κ2) is 6.90. The highest BCUT2D eigenvalue weighted by molar-refractivity contribution is 5.84. The molecule has 0 saturated carbocycles. The van der Waals surface area contributed by atoms with Crippen LogP contribution in [0.2, 0.25) is 0 Å². The summed E-state index contributed by atoms with van der Waals surface area (Å²) in [7, 11) is 0. The quantitative estimate of drug-likeness (QED) is 0.698. The first-order valence-corrected chi connectivity index (χ1v) is 8.90. The third-order valence-corrected chi connectivity index (χ3v) is 4.66. The summed E-state index contributed by atoms with van der Waals surface area (Å²) in [5.41, 5.74) is 1.63. The molecule has 0 bridgehead atoms. The van der Waals surface area contributed by atoms with Crippen LogP contribution in [0.1, 0.15) is 13.8 Å². The van der Waals surface area contributed by atoms with E-state index in [2.05, 4.69) is 25.2 Å². The second-order valence-electron chi connectivity index (χ2n) is 6.82. The van der Waals surface area contributed by atoms with Gasteiger partial charge in [-0.05, 0) is 18.2 Å². The Morgan fingerprint density at radius 3 is 2.63 bits per heavy atom. The van der Waals surface area contributed by atoms with Gasteiger partial charge in [0, 0.05) is 32.1 Å². The molecule has 2 aromatic heterocycles. The van der Waals surface area contributed by atoms with E-state index in [1.54, 1.807) is 12.1 Å². The molecule has 8 nitrogen and oxygen atoms in total. The average Bonchev–Trinajstić information content (AvgIpc) is 3.12. The lowest BCUT2D eigenvalue weighted by Crippen LogP contribution is -2.50. The van der Waals surface area contributed by atoms with Crippen molar-refractivity contribution in [3.63, 3.8) is 0 Å². The molecular formula is C18H20FN7O. The number of carbonyl (C=O) groups is 1. The van der Waals surface area contributed by atoms with Crippen LogP contribution in [0.5, 0.6) is 0 Å². The smallest absolute Gasteiger partial charge is 0.225 e. The van der Waals surface area contributed by atoms with E-state index in [0.717, 1.165) is 0 Å². The standard InChI is InChI=1S/C18H20FN7O/c1-12(2)18(27)25-8-6-24(7-9-25)16-15-17(21-11-20-16)26(23-22-15)14-5-3-4-13(19)10-14/h3-5,10-12H,6-9H2,1-2H3. The van der Waals surface area contributed by atoms with E-state index in [-0.39, 0.29) is 17.6 Å². The molecular weight excluding hydrogens is 349 g/mol. The molecule has 27 heavy (non-hydrogen) atoms. The number of hydrogen-bond donors (Lipinski definition) is 0. The number of amides is 1. The summed E-state index contributed by atoms with van der Waals surface area (Å²) in [5.74, 6) is 0.490. The van der Waals surface area contributed by atoms with E-state index in [1.165, 1.54) is 23.1 Å². The molecule has 4 rings (SSSR count). The molecule has 1 aliphatic rings. The Balaban J connectivity index is 1.62. The summed E-state index contributed by atoms with van der Waals surface area (Å²) < 4.78 is 15.1. The Morgan fingerprint density at radius 2 is 1.93 bits per heavy atom. The zero-order chi connectivity index (χ0) is 19.0. The van der Waals surface area contributed by atoms with Crippen LogP contribution < -0.4 is 4.90 Å². The number of nitrogens with zero attached hydrogens (tertiary/aromatic N) is 7. The first-order chi connectivity index (χ1) is 13.0. The Labute approximate surface area is 155 Å². The third-order valence-electron chi connectivity index (χ3n) is 4.66. The number of fused-ring (bicyclic) bond motifs is 1. The minimum absolute atomic E-state index is 0.00604. The molecule has 0 N–H and O–H groups in total. The second-order valence-corrected chi connectivity index (χ2v) is 6.82. The number of halogens is 1. The molecule has 3 heterocycles. The molecule has 3 aromatic rings. The lowest BCUT2D eigenvalue weighted by atomic mass is 10.1. The predicted molar refractivity (Wildman–Crippen MR) is 98.0 cm³/mol. The van der Waals surface area contributed by atoms with Gasteiger partial charge in [-0.3, -0.25) is 4.79 Å². The van der Waals surface area contributed by atoms with Crippen LogP contribution in [0.15, 0.2) is 30.6 Å². The minimum Gasteiger partial charge on any atom is -0.351 e. The van der Waals surface area contributed by atoms with Crippen LogP contribution in [-0.4, -0.2) is 61.9 Å². The maximum Gasteiger partial charge on any atom is 0.225 e. The molecule has 0 unspecified atom stereocenters. The summed E-state index contributed by atoms with van der Waals surface area (Å²) >= 11 is 0. The molecule has 1 aliphatic heterocycles. The summed E-state index contributed by atoms with van der Waals surface area (Å²) in [6.45, 7) is 6.43. The zero-order valence-corrected chi connectivity index (χ0v) is 15.2. The Morgan fingerprint density at radius 1 is 1.15 bits per heavy atom. The van der Waals surface area contributed by atoms with Gasteiger partial charge < -0.3 is 9.80 Å². The molecule has 0 aliphatic carbocycles. The van der Waals surface area contributed by atoms with Gasteiger partial charge in [0.2, 0.25) is 5.91 Å². The maximum atomic E-state index is 13.6. The van der Waals surface area contributed by atoms with E-state index < -0.39 is 0 Å². The molecule has 1 saturated heterocycles. The normalized spacial score (nSPS) is 15.0. The molecule has 0 radical (unpaired) electrons. The Kier molecular flexibility index (Phi) is 4.43. The van der Waals surface area contributed by atoms with Crippen molar-refractivity contribution in [2.24, 2.45) is 5.92 Å². The number of aromatic nitrogens is 5.